The third-order valence-corrected chi connectivity index (χ3v) is 1.83. The fourth-order valence-electron chi connectivity index (χ4n) is 0.951. The highest BCUT2D eigenvalue weighted by Crippen LogP contribution is 2.23. The van der Waals surface area contributed by atoms with Gasteiger partial charge in [0.25, 0.3) is 0 Å². The Hall–Kier alpha value is -1.17. The zero-order chi connectivity index (χ0) is 8.55. The number of aromatic nitrogens is 2. The standard InChI is InChI=1S/C6H4ClN3O2/c7-3-1-2-4(8-11)6-5(3)9-12-10-6/h1-2H,8H2. The molecule has 6 heteroatoms. The van der Waals surface area contributed by atoms with Gasteiger partial charge in [0.1, 0.15) is 0 Å². The van der Waals surface area contributed by atoms with E-state index < -0.39 is 0 Å². The summed E-state index contributed by atoms with van der Waals surface area (Å²) in [6.07, 6.45) is 0. The Balaban J connectivity index is 2.82. The van der Waals surface area contributed by atoms with Gasteiger partial charge in [0.05, 0.1) is 5.02 Å². The summed E-state index contributed by atoms with van der Waals surface area (Å²) in [5, 5.41) is 18.0. The summed E-state index contributed by atoms with van der Waals surface area (Å²) in [6, 6.07) is 3.15. The van der Waals surface area contributed by atoms with E-state index in [1.807, 2.05) is 0 Å². The van der Waals surface area contributed by atoms with Crippen molar-refractivity contribution in [2.24, 2.45) is 0 Å². The third kappa shape index (κ3) is 0.953. The quantitative estimate of drug-likeness (QED) is 0.520. The number of nitrogens with two attached hydrogens (primary N) is 1. The van der Waals surface area contributed by atoms with Crippen LogP contribution in [0.25, 0.3) is 11.0 Å². The van der Waals surface area contributed by atoms with Crippen molar-refractivity contribution in [3.05, 3.63) is 22.4 Å². The van der Waals surface area contributed by atoms with Crippen LogP contribution in [0.5, 0.6) is 0 Å². The first-order valence-corrected chi connectivity index (χ1v) is 3.56. The predicted octanol–water partition coefficient (Wildman–Crippen LogP) is 0.569. The van der Waals surface area contributed by atoms with Crippen LogP contribution in [0.4, 0.5) is 5.69 Å². The number of halogens is 1. The van der Waals surface area contributed by atoms with Gasteiger partial charge in [-0.15, -0.1) is 0 Å². The highest BCUT2D eigenvalue weighted by Gasteiger charge is 2.10. The zero-order valence-electron chi connectivity index (χ0n) is 5.82. The largest absolute Gasteiger partial charge is 0.630 e. The van der Waals surface area contributed by atoms with Gasteiger partial charge < -0.3 is 10.7 Å². The van der Waals surface area contributed by atoms with Gasteiger partial charge in [-0.2, -0.15) is 0 Å². The number of rotatable bonds is 1. The summed E-state index contributed by atoms with van der Waals surface area (Å²) in [5.74, 6) is 0. The van der Waals surface area contributed by atoms with E-state index in [0.29, 0.717) is 27.2 Å². The highest BCUT2D eigenvalue weighted by molar-refractivity contribution is 6.35. The first-order valence-electron chi connectivity index (χ1n) is 3.19. The van der Waals surface area contributed by atoms with E-state index in [9.17, 15) is 5.21 Å². The summed E-state index contributed by atoms with van der Waals surface area (Å²) in [7, 11) is 0. The third-order valence-electron chi connectivity index (χ3n) is 1.52. The molecule has 0 aliphatic rings. The van der Waals surface area contributed by atoms with Crippen molar-refractivity contribution < 1.29 is 10.1 Å². The van der Waals surface area contributed by atoms with E-state index in [1.54, 1.807) is 12.1 Å². The Morgan fingerprint density at radius 2 is 2.08 bits per heavy atom. The fourth-order valence-corrected chi connectivity index (χ4v) is 1.14. The summed E-state index contributed by atoms with van der Waals surface area (Å²) in [5.41, 5.74) is 1.93. The first-order chi connectivity index (χ1) is 5.83. The van der Waals surface area contributed by atoms with Crippen molar-refractivity contribution in [3.63, 3.8) is 0 Å². The summed E-state index contributed by atoms with van der Waals surface area (Å²) in [4.78, 5) is 0. The SMILES string of the molecule is [O-][NH2+]c1ccc(Cl)c2nonc12. The van der Waals surface area contributed by atoms with Crippen LogP contribution in [0.15, 0.2) is 16.8 Å². The van der Waals surface area contributed by atoms with Crippen molar-refractivity contribution in [2.45, 2.75) is 0 Å². The Morgan fingerprint density at radius 3 is 2.83 bits per heavy atom. The molecule has 2 rings (SSSR count). The molecule has 1 aromatic heterocycles. The molecule has 0 spiro atoms. The second-order valence-electron chi connectivity index (χ2n) is 2.22. The van der Waals surface area contributed by atoms with Crippen LogP contribution in [0.2, 0.25) is 5.02 Å². The van der Waals surface area contributed by atoms with Gasteiger partial charge in [0.2, 0.25) is 0 Å². The minimum atomic E-state index is 0.400. The lowest BCUT2D eigenvalue weighted by Crippen LogP contribution is -2.70. The van der Waals surface area contributed by atoms with E-state index in [0.717, 1.165) is 0 Å². The Kier molecular flexibility index (Phi) is 1.69. The van der Waals surface area contributed by atoms with E-state index in [4.69, 9.17) is 11.6 Å². The Labute approximate surface area is 71.9 Å². The van der Waals surface area contributed by atoms with Crippen LogP contribution in [-0.4, -0.2) is 10.3 Å². The molecular formula is C6H4ClN3O2. The molecular weight excluding hydrogens is 182 g/mol. The smallest absolute Gasteiger partial charge is 0.197 e. The molecule has 2 aromatic rings. The second-order valence-corrected chi connectivity index (χ2v) is 2.62. The molecule has 0 fully saturated rings. The number of quaternary nitrogens is 1. The Bertz CT molecular complexity index is 414. The first kappa shape index (κ1) is 7.48. The van der Waals surface area contributed by atoms with Crippen molar-refractivity contribution in [1.82, 2.24) is 10.3 Å². The van der Waals surface area contributed by atoms with Crippen LogP contribution in [0, 0.1) is 5.21 Å². The van der Waals surface area contributed by atoms with E-state index >= 15 is 0 Å². The van der Waals surface area contributed by atoms with Crippen molar-refractivity contribution in [1.29, 1.82) is 0 Å². The molecule has 0 radical (unpaired) electrons. The summed E-state index contributed by atoms with van der Waals surface area (Å²) >= 11 is 5.75. The molecule has 62 valence electrons. The minimum Gasteiger partial charge on any atom is -0.630 e. The molecule has 1 aromatic carbocycles. The second kappa shape index (κ2) is 2.71. The normalized spacial score (nSPS) is 10.8. The number of benzene rings is 1. The van der Waals surface area contributed by atoms with Gasteiger partial charge in [0.15, 0.2) is 16.7 Å². The molecule has 0 aliphatic carbocycles. The average Bonchev–Trinajstić information content (AvgIpc) is 2.54. The van der Waals surface area contributed by atoms with Crippen LogP contribution in [0.1, 0.15) is 0 Å². The van der Waals surface area contributed by atoms with Crippen LogP contribution >= 0.6 is 11.6 Å². The lowest BCUT2D eigenvalue weighted by molar-refractivity contribution is -0.495. The summed E-state index contributed by atoms with van der Waals surface area (Å²) in [6.45, 7) is 0. The van der Waals surface area contributed by atoms with Crippen LogP contribution < -0.4 is 5.48 Å². The molecule has 0 aliphatic heterocycles. The zero-order valence-corrected chi connectivity index (χ0v) is 6.58. The monoisotopic (exact) mass is 185 g/mol. The topological polar surface area (TPSA) is 78.6 Å². The molecule has 0 atom stereocenters. The minimum absolute atomic E-state index is 0.400. The van der Waals surface area contributed by atoms with Crippen molar-refractivity contribution in [3.8, 4) is 0 Å². The van der Waals surface area contributed by atoms with Gasteiger partial charge in [-0.1, -0.05) is 11.6 Å². The van der Waals surface area contributed by atoms with Crippen molar-refractivity contribution in [2.75, 3.05) is 0 Å². The molecule has 0 amide bonds. The van der Waals surface area contributed by atoms with Crippen LogP contribution in [0.3, 0.4) is 0 Å². The maximum absolute atomic E-state index is 10.5. The molecule has 0 saturated heterocycles. The number of hydrogen-bond acceptors (Lipinski definition) is 4. The molecule has 0 bridgehead atoms. The molecule has 0 unspecified atom stereocenters. The molecule has 1 heterocycles. The van der Waals surface area contributed by atoms with E-state index in [2.05, 4.69) is 14.9 Å². The number of nitrogens with zero attached hydrogens (tertiary/aromatic N) is 2. The fraction of sp³-hybridized carbons (Fsp3) is 0. The molecule has 2 N–H and O–H groups in total. The van der Waals surface area contributed by atoms with E-state index in [1.165, 1.54) is 0 Å². The molecule has 5 nitrogen and oxygen atoms in total. The predicted molar refractivity (Wildman–Crippen MR) is 41.8 cm³/mol. The van der Waals surface area contributed by atoms with Crippen molar-refractivity contribution >= 4 is 28.3 Å². The van der Waals surface area contributed by atoms with E-state index in [-0.39, 0.29) is 0 Å². The van der Waals surface area contributed by atoms with Gasteiger partial charge in [0, 0.05) is 6.07 Å². The maximum atomic E-state index is 10.5. The van der Waals surface area contributed by atoms with Gasteiger partial charge in [-0.25, -0.2) is 4.63 Å². The summed E-state index contributed by atoms with van der Waals surface area (Å²) < 4.78 is 4.44. The number of fused-ring (bicyclic) bond motifs is 1. The van der Waals surface area contributed by atoms with Gasteiger partial charge >= 0.3 is 0 Å². The lowest BCUT2D eigenvalue weighted by Gasteiger charge is -1.99. The maximum Gasteiger partial charge on any atom is 0.197 e. The van der Waals surface area contributed by atoms with Gasteiger partial charge in [-0.05, 0) is 16.4 Å². The highest BCUT2D eigenvalue weighted by atomic mass is 35.5. The Morgan fingerprint density at radius 1 is 1.33 bits per heavy atom. The van der Waals surface area contributed by atoms with Crippen LogP contribution in [-0.2, 0) is 0 Å². The average molecular weight is 186 g/mol. The molecule has 0 saturated carbocycles. The van der Waals surface area contributed by atoms with Gasteiger partial charge in [-0.3, -0.25) is 0 Å². The lowest BCUT2D eigenvalue weighted by atomic mass is 10.3. The number of hydrogen-bond donors (Lipinski definition) is 1. The molecule has 12 heavy (non-hydrogen) atoms.